The van der Waals surface area contributed by atoms with E-state index in [2.05, 4.69) is 26.0 Å². The number of hydrogen-bond donors (Lipinski definition) is 1. The lowest BCUT2D eigenvalue weighted by atomic mass is 9.71. The molecule has 2 aromatic rings. The van der Waals surface area contributed by atoms with Gasteiger partial charge in [0.25, 0.3) is 0 Å². The molecule has 24 heavy (non-hydrogen) atoms. The highest BCUT2D eigenvalue weighted by molar-refractivity contribution is 5.94. The van der Waals surface area contributed by atoms with Crippen molar-refractivity contribution in [2.24, 2.45) is 0 Å². The minimum absolute atomic E-state index is 0.0318. The number of hydrogen-bond acceptors (Lipinski definition) is 3. The van der Waals surface area contributed by atoms with Crippen molar-refractivity contribution < 1.29 is 14.6 Å². The average Bonchev–Trinajstić information content (AvgIpc) is 2.60. The summed E-state index contributed by atoms with van der Waals surface area (Å²) in [4.78, 5) is 12.1. The largest absolute Gasteiger partial charge is 0.507 e. The summed E-state index contributed by atoms with van der Waals surface area (Å²) in [6, 6.07) is 14.0. The van der Waals surface area contributed by atoms with Gasteiger partial charge in [-0.05, 0) is 24.5 Å². The van der Waals surface area contributed by atoms with Crippen LogP contribution in [0, 0.1) is 6.92 Å². The lowest BCUT2D eigenvalue weighted by Gasteiger charge is -2.32. The highest BCUT2D eigenvalue weighted by atomic mass is 16.5. The second kappa shape index (κ2) is 7.52. The number of aromatic hydroxyl groups is 1. The number of phenolic OH excluding ortho intramolecular Hbond substituents is 1. The standard InChI is InChI=1S/C21H26O3/c1-5-6-14-21(3,16-10-8-7-9-11-16)17-13-12-15(2)18(19(17)22)20(23)24-4/h7-13,22H,5-6,14H2,1-4H3. The highest BCUT2D eigenvalue weighted by Gasteiger charge is 2.33. The van der Waals surface area contributed by atoms with Crippen molar-refractivity contribution >= 4 is 5.97 Å². The van der Waals surface area contributed by atoms with Crippen LogP contribution >= 0.6 is 0 Å². The van der Waals surface area contributed by atoms with Gasteiger partial charge in [0.05, 0.1) is 7.11 Å². The fraction of sp³-hybridized carbons (Fsp3) is 0.381. The normalized spacial score (nSPS) is 13.3. The molecule has 0 fully saturated rings. The zero-order valence-corrected chi connectivity index (χ0v) is 14.9. The zero-order valence-electron chi connectivity index (χ0n) is 14.9. The van der Waals surface area contributed by atoms with Gasteiger partial charge < -0.3 is 9.84 Å². The zero-order chi connectivity index (χ0) is 17.7. The van der Waals surface area contributed by atoms with E-state index in [-0.39, 0.29) is 16.7 Å². The van der Waals surface area contributed by atoms with Crippen LogP contribution in [-0.2, 0) is 10.2 Å². The Hall–Kier alpha value is -2.29. The maximum atomic E-state index is 12.1. The molecule has 2 rings (SSSR count). The average molecular weight is 326 g/mol. The van der Waals surface area contributed by atoms with Crippen molar-refractivity contribution in [1.82, 2.24) is 0 Å². The van der Waals surface area contributed by atoms with Gasteiger partial charge in [0, 0.05) is 11.0 Å². The Morgan fingerprint density at radius 3 is 2.42 bits per heavy atom. The quantitative estimate of drug-likeness (QED) is 0.761. The second-order valence-electron chi connectivity index (χ2n) is 6.45. The molecule has 128 valence electrons. The van der Waals surface area contributed by atoms with E-state index in [4.69, 9.17) is 4.74 Å². The van der Waals surface area contributed by atoms with Gasteiger partial charge >= 0.3 is 5.97 Å². The minimum Gasteiger partial charge on any atom is -0.507 e. The number of esters is 1. The van der Waals surface area contributed by atoms with E-state index in [1.54, 1.807) is 0 Å². The number of aryl methyl sites for hydroxylation is 1. The topological polar surface area (TPSA) is 46.5 Å². The van der Waals surface area contributed by atoms with Gasteiger partial charge in [-0.25, -0.2) is 4.79 Å². The van der Waals surface area contributed by atoms with Crippen molar-refractivity contribution in [3.05, 3.63) is 64.7 Å². The maximum absolute atomic E-state index is 12.1. The molecule has 1 N–H and O–H groups in total. The Labute approximate surface area is 144 Å². The third kappa shape index (κ3) is 3.30. The molecular formula is C21H26O3. The Kier molecular flexibility index (Phi) is 5.66. The molecule has 1 atom stereocenters. The van der Waals surface area contributed by atoms with Crippen molar-refractivity contribution in [3.8, 4) is 5.75 Å². The maximum Gasteiger partial charge on any atom is 0.341 e. The molecule has 0 aliphatic heterocycles. The minimum atomic E-state index is -0.502. The summed E-state index contributed by atoms with van der Waals surface area (Å²) in [6.07, 6.45) is 3.00. The van der Waals surface area contributed by atoms with Crippen LogP contribution in [0.3, 0.4) is 0 Å². The highest BCUT2D eigenvalue weighted by Crippen LogP contribution is 2.43. The number of benzene rings is 2. The Balaban J connectivity index is 2.65. The summed E-state index contributed by atoms with van der Waals surface area (Å²) < 4.78 is 4.85. The van der Waals surface area contributed by atoms with Gasteiger partial charge in [-0.1, -0.05) is 69.2 Å². The van der Waals surface area contributed by atoms with E-state index in [1.165, 1.54) is 7.11 Å². The molecule has 0 amide bonds. The molecule has 0 heterocycles. The van der Waals surface area contributed by atoms with Crippen LogP contribution < -0.4 is 0 Å². The molecule has 0 aliphatic rings. The van der Waals surface area contributed by atoms with Crippen LogP contribution in [0.4, 0.5) is 0 Å². The molecule has 0 radical (unpaired) electrons. The molecule has 0 bridgehead atoms. The monoisotopic (exact) mass is 326 g/mol. The van der Waals surface area contributed by atoms with E-state index in [1.807, 2.05) is 37.3 Å². The number of unbranched alkanes of at least 4 members (excludes halogenated alkanes) is 1. The van der Waals surface area contributed by atoms with Crippen LogP contribution in [0.1, 0.15) is 60.2 Å². The van der Waals surface area contributed by atoms with Crippen molar-refractivity contribution in [2.75, 3.05) is 7.11 Å². The summed E-state index contributed by atoms with van der Waals surface area (Å²) in [7, 11) is 1.33. The van der Waals surface area contributed by atoms with Gasteiger partial charge in [0.1, 0.15) is 11.3 Å². The fourth-order valence-corrected chi connectivity index (χ4v) is 3.27. The first kappa shape index (κ1) is 18.1. The van der Waals surface area contributed by atoms with Gasteiger partial charge in [-0.2, -0.15) is 0 Å². The molecule has 0 saturated heterocycles. The van der Waals surface area contributed by atoms with Gasteiger partial charge in [-0.3, -0.25) is 0 Å². The van der Waals surface area contributed by atoms with Crippen LogP contribution in [0.25, 0.3) is 0 Å². The van der Waals surface area contributed by atoms with Crippen molar-refractivity contribution in [3.63, 3.8) is 0 Å². The Morgan fingerprint density at radius 2 is 1.83 bits per heavy atom. The van der Waals surface area contributed by atoms with Crippen LogP contribution in [-0.4, -0.2) is 18.2 Å². The third-order valence-electron chi connectivity index (χ3n) is 4.81. The number of rotatable bonds is 6. The molecule has 3 nitrogen and oxygen atoms in total. The fourth-order valence-electron chi connectivity index (χ4n) is 3.27. The molecule has 3 heteroatoms. The van der Waals surface area contributed by atoms with Crippen molar-refractivity contribution in [1.29, 1.82) is 0 Å². The predicted octanol–water partition coefficient (Wildman–Crippen LogP) is 4.98. The first-order chi connectivity index (χ1) is 11.5. The number of carbonyl (C=O) groups excluding carboxylic acids is 1. The molecule has 0 spiro atoms. The Morgan fingerprint density at radius 1 is 1.17 bits per heavy atom. The van der Waals surface area contributed by atoms with Crippen LogP contribution in [0.2, 0.25) is 0 Å². The Bertz CT molecular complexity index is 707. The predicted molar refractivity (Wildman–Crippen MR) is 96.6 cm³/mol. The van der Waals surface area contributed by atoms with Gasteiger partial charge in [0.2, 0.25) is 0 Å². The van der Waals surface area contributed by atoms with E-state index in [0.717, 1.165) is 30.4 Å². The number of phenols is 1. The molecule has 0 aliphatic carbocycles. The molecular weight excluding hydrogens is 300 g/mol. The summed E-state index contributed by atoms with van der Waals surface area (Å²) in [5.41, 5.74) is 2.52. The molecule has 1 unspecified atom stereocenters. The smallest absolute Gasteiger partial charge is 0.341 e. The molecule has 0 aromatic heterocycles. The lowest BCUT2D eigenvalue weighted by Crippen LogP contribution is -2.24. The van der Waals surface area contributed by atoms with Crippen LogP contribution in [0.15, 0.2) is 42.5 Å². The van der Waals surface area contributed by atoms with E-state index >= 15 is 0 Å². The molecule has 2 aromatic carbocycles. The summed E-state index contributed by atoms with van der Waals surface area (Å²) >= 11 is 0. The summed E-state index contributed by atoms with van der Waals surface area (Å²) in [5.74, 6) is -0.470. The first-order valence-electron chi connectivity index (χ1n) is 8.42. The first-order valence-corrected chi connectivity index (χ1v) is 8.42. The number of methoxy groups -OCH3 is 1. The van der Waals surface area contributed by atoms with Crippen LogP contribution in [0.5, 0.6) is 5.75 Å². The summed E-state index contributed by atoms with van der Waals surface area (Å²) in [6.45, 7) is 6.09. The summed E-state index contributed by atoms with van der Waals surface area (Å²) in [5, 5.41) is 10.9. The van der Waals surface area contributed by atoms with E-state index < -0.39 is 5.97 Å². The van der Waals surface area contributed by atoms with E-state index in [9.17, 15) is 9.90 Å². The number of carbonyl (C=O) groups is 1. The third-order valence-corrected chi connectivity index (χ3v) is 4.81. The van der Waals surface area contributed by atoms with Gasteiger partial charge in [0.15, 0.2) is 0 Å². The number of ether oxygens (including phenoxy) is 1. The SMILES string of the molecule is CCCCC(C)(c1ccccc1)c1ccc(C)c(C(=O)OC)c1O. The van der Waals surface area contributed by atoms with Crippen molar-refractivity contribution in [2.45, 2.75) is 45.4 Å². The lowest BCUT2D eigenvalue weighted by molar-refractivity contribution is 0.0596. The van der Waals surface area contributed by atoms with E-state index in [0.29, 0.717) is 5.56 Å². The second-order valence-corrected chi connectivity index (χ2v) is 6.45. The molecule has 0 saturated carbocycles. The van der Waals surface area contributed by atoms with Gasteiger partial charge in [-0.15, -0.1) is 0 Å².